The van der Waals surface area contributed by atoms with E-state index in [0.29, 0.717) is 13.2 Å². The molecule has 0 unspecified atom stereocenters. The van der Waals surface area contributed by atoms with E-state index in [1.807, 2.05) is 13.8 Å². The Morgan fingerprint density at radius 1 is 0.704 bits per heavy atom. The van der Waals surface area contributed by atoms with Crippen molar-refractivity contribution in [1.29, 1.82) is 0 Å². The quantitative estimate of drug-likeness (QED) is 0.583. The van der Waals surface area contributed by atoms with E-state index < -0.39 is 11.9 Å². The zero-order valence-corrected chi connectivity index (χ0v) is 16.1. The molecule has 2 aromatic rings. The molecule has 0 spiro atoms. The van der Waals surface area contributed by atoms with Crippen LogP contribution in [0.3, 0.4) is 0 Å². The van der Waals surface area contributed by atoms with Gasteiger partial charge in [0.05, 0.1) is 13.2 Å². The summed E-state index contributed by atoms with van der Waals surface area (Å²) in [6.07, 6.45) is -0.0984. The van der Waals surface area contributed by atoms with Gasteiger partial charge in [0.1, 0.15) is 11.5 Å². The van der Waals surface area contributed by atoms with Crippen molar-refractivity contribution in [3.8, 4) is 11.5 Å². The Hall–Kier alpha value is -2.50. The molecule has 2 rings (SSSR count). The van der Waals surface area contributed by atoms with Crippen molar-refractivity contribution >= 4 is 11.9 Å². The van der Waals surface area contributed by atoms with Crippen LogP contribution in [-0.4, -0.2) is 25.2 Å². The number of carboxylic acid groups (broad SMARTS) is 2. The summed E-state index contributed by atoms with van der Waals surface area (Å²) in [7, 11) is 0. The van der Waals surface area contributed by atoms with Gasteiger partial charge in [-0.25, -0.2) is 0 Å². The van der Waals surface area contributed by atoms with Crippen molar-refractivity contribution in [2.24, 2.45) is 0 Å². The molecule has 0 N–H and O–H groups in total. The van der Waals surface area contributed by atoms with Crippen molar-refractivity contribution in [3.63, 3.8) is 0 Å². The van der Waals surface area contributed by atoms with Gasteiger partial charge in [-0.05, 0) is 49.2 Å². The average molecular weight is 422 g/mol. The molecule has 0 fully saturated rings. The standard InChI is InChI=1S/2C10H12O3.Cu/c2*1-2-13-9-5-3-8(4-6-9)7-10(11)12;/h2*3-6H,2,7H2,1H3,(H,11,12);/q;;+2/p-2. The zero-order valence-electron chi connectivity index (χ0n) is 15.2. The average Bonchev–Trinajstić information content (AvgIpc) is 2.59. The second-order valence-electron chi connectivity index (χ2n) is 5.25. The molecule has 0 aliphatic rings. The van der Waals surface area contributed by atoms with E-state index in [-0.39, 0.29) is 29.9 Å². The van der Waals surface area contributed by atoms with Crippen molar-refractivity contribution < 1.29 is 46.3 Å². The number of rotatable bonds is 8. The predicted molar refractivity (Wildman–Crippen MR) is 92.6 cm³/mol. The molecule has 149 valence electrons. The first-order valence-corrected chi connectivity index (χ1v) is 8.27. The van der Waals surface area contributed by atoms with Crippen LogP contribution in [0.5, 0.6) is 11.5 Å². The Balaban J connectivity index is 0.000000483. The molecule has 2 aromatic carbocycles. The molecule has 0 heterocycles. The molecule has 0 atom stereocenters. The first kappa shape index (κ1) is 24.5. The zero-order chi connectivity index (χ0) is 19.4. The fraction of sp³-hybridized carbons (Fsp3) is 0.300. The molecule has 0 saturated heterocycles. The summed E-state index contributed by atoms with van der Waals surface area (Å²) in [5.41, 5.74) is 1.45. The summed E-state index contributed by atoms with van der Waals surface area (Å²) in [5, 5.41) is 20.5. The molecule has 0 aliphatic heterocycles. The van der Waals surface area contributed by atoms with Gasteiger partial charge in [-0.2, -0.15) is 0 Å². The molecule has 0 amide bonds. The number of ether oxygens (including phenoxy) is 2. The van der Waals surface area contributed by atoms with Gasteiger partial charge >= 0.3 is 17.1 Å². The molecule has 27 heavy (non-hydrogen) atoms. The van der Waals surface area contributed by atoms with Gasteiger partial charge in [0, 0.05) is 24.8 Å². The van der Waals surface area contributed by atoms with E-state index in [1.165, 1.54) is 0 Å². The summed E-state index contributed by atoms with van der Waals surface area (Å²) >= 11 is 0. The maximum atomic E-state index is 10.2. The summed E-state index contributed by atoms with van der Waals surface area (Å²) < 4.78 is 10.4. The molecule has 7 heteroatoms. The minimum Gasteiger partial charge on any atom is -0.550 e. The summed E-state index contributed by atoms with van der Waals surface area (Å²) in [6, 6.07) is 13.9. The largest absolute Gasteiger partial charge is 2.00 e. The number of carbonyl (C=O) groups is 2. The monoisotopic (exact) mass is 421 g/mol. The van der Waals surface area contributed by atoms with Gasteiger partial charge < -0.3 is 29.3 Å². The molecule has 0 bridgehead atoms. The van der Waals surface area contributed by atoms with Crippen LogP contribution in [-0.2, 0) is 39.5 Å². The van der Waals surface area contributed by atoms with Crippen molar-refractivity contribution in [1.82, 2.24) is 0 Å². The predicted octanol–water partition coefficient (Wildman–Crippen LogP) is 0.753. The van der Waals surface area contributed by atoms with E-state index in [0.717, 1.165) is 22.6 Å². The van der Waals surface area contributed by atoms with Crippen LogP contribution in [0.25, 0.3) is 0 Å². The first-order valence-electron chi connectivity index (χ1n) is 8.27. The second kappa shape index (κ2) is 13.7. The van der Waals surface area contributed by atoms with Gasteiger partial charge in [-0.15, -0.1) is 0 Å². The second-order valence-corrected chi connectivity index (χ2v) is 5.25. The third-order valence-electron chi connectivity index (χ3n) is 3.17. The van der Waals surface area contributed by atoms with E-state index in [1.54, 1.807) is 48.5 Å². The summed E-state index contributed by atoms with van der Waals surface area (Å²) in [6.45, 7) is 5.02. The normalized spacial score (nSPS) is 9.26. The number of hydrogen-bond donors (Lipinski definition) is 0. The minimum atomic E-state index is -1.07. The van der Waals surface area contributed by atoms with Gasteiger partial charge in [0.25, 0.3) is 0 Å². The van der Waals surface area contributed by atoms with Gasteiger partial charge in [0.15, 0.2) is 0 Å². The maximum absolute atomic E-state index is 10.2. The Labute approximate surface area is 169 Å². The van der Waals surface area contributed by atoms with E-state index in [4.69, 9.17) is 9.47 Å². The van der Waals surface area contributed by atoms with Gasteiger partial charge in [0.2, 0.25) is 0 Å². The molecule has 0 aliphatic carbocycles. The Morgan fingerprint density at radius 3 is 1.22 bits per heavy atom. The molecule has 0 saturated carbocycles. The van der Waals surface area contributed by atoms with Crippen LogP contribution in [0.2, 0.25) is 0 Å². The smallest absolute Gasteiger partial charge is 0.550 e. The number of aliphatic carboxylic acids is 2. The Morgan fingerprint density at radius 2 is 1.00 bits per heavy atom. The van der Waals surface area contributed by atoms with Crippen molar-refractivity contribution in [3.05, 3.63) is 59.7 Å². The Bertz CT molecular complexity index is 621. The molecule has 0 aromatic heterocycles. The van der Waals surface area contributed by atoms with E-state index in [2.05, 4.69) is 0 Å². The first-order chi connectivity index (χ1) is 12.4. The summed E-state index contributed by atoms with van der Waals surface area (Å²) in [5.74, 6) is -0.623. The van der Waals surface area contributed by atoms with Crippen molar-refractivity contribution in [2.45, 2.75) is 26.7 Å². The number of benzene rings is 2. The van der Waals surface area contributed by atoms with Crippen LogP contribution < -0.4 is 19.7 Å². The Kier molecular flexibility index (Phi) is 12.4. The molecular formula is C20H22CuO6. The molecule has 1 radical (unpaired) electrons. The van der Waals surface area contributed by atoms with Crippen LogP contribution in [0, 0.1) is 0 Å². The van der Waals surface area contributed by atoms with Crippen LogP contribution >= 0.6 is 0 Å². The summed E-state index contributed by atoms with van der Waals surface area (Å²) in [4.78, 5) is 20.5. The van der Waals surface area contributed by atoms with Crippen LogP contribution in [0.15, 0.2) is 48.5 Å². The topological polar surface area (TPSA) is 98.7 Å². The number of carboxylic acids is 2. The third-order valence-corrected chi connectivity index (χ3v) is 3.17. The maximum Gasteiger partial charge on any atom is 2.00 e. The SMILES string of the molecule is CCOc1ccc(CC(=O)[O-])cc1.CCOc1ccc(CC(=O)[O-])cc1.[Cu+2]. The fourth-order valence-corrected chi connectivity index (χ4v) is 2.07. The fourth-order valence-electron chi connectivity index (χ4n) is 2.07. The minimum absolute atomic E-state index is 0. The van der Waals surface area contributed by atoms with E-state index in [9.17, 15) is 19.8 Å². The van der Waals surface area contributed by atoms with Crippen molar-refractivity contribution in [2.75, 3.05) is 13.2 Å². The molecule has 6 nitrogen and oxygen atoms in total. The number of hydrogen-bond acceptors (Lipinski definition) is 6. The van der Waals surface area contributed by atoms with Gasteiger partial charge in [-0.3, -0.25) is 0 Å². The third kappa shape index (κ3) is 10.9. The van der Waals surface area contributed by atoms with Gasteiger partial charge in [-0.1, -0.05) is 24.3 Å². The molecular weight excluding hydrogens is 400 g/mol. The van der Waals surface area contributed by atoms with Crippen LogP contribution in [0.4, 0.5) is 0 Å². The van der Waals surface area contributed by atoms with E-state index >= 15 is 0 Å². The number of carbonyl (C=O) groups excluding carboxylic acids is 2. The van der Waals surface area contributed by atoms with Crippen LogP contribution in [0.1, 0.15) is 25.0 Å².